The van der Waals surface area contributed by atoms with Crippen molar-refractivity contribution in [2.45, 2.75) is 62.8 Å². The first-order chi connectivity index (χ1) is 10.9. The number of nitrogens with one attached hydrogen (secondary N) is 1. The molecule has 1 fully saturated rings. The molecular weight excluding hydrogens is 312 g/mol. The quantitative estimate of drug-likeness (QED) is 0.864. The maximum Gasteiger partial charge on any atom is 0.243 e. The van der Waals surface area contributed by atoms with Gasteiger partial charge in [0.05, 0.1) is 4.90 Å². The molecule has 0 saturated heterocycles. The zero-order valence-electron chi connectivity index (χ0n) is 13.9. The maximum atomic E-state index is 12.7. The molecule has 0 aliphatic heterocycles. The third-order valence-electron chi connectivity index (χ3n) is 4.38. The number of benzene rings is 1. The highest BCUT2D eigenvalue weighted by molar-refractivity contribution is 7.89. The van der Waals surface area contributed by atoms with Gasteiger partial charge < -0.3 is 5.32 Å². The summed E-state index contributed by atoms with van der Waals surface area (Å²) >= 11 is 0. The van der Waals surface area contributed by atoms with Gasteiger partial charge in [-0.15, -0.1) is 0 Å². The van der Waals surface area contributed by atoms with Crippen LogP contribution in [0, 0.1) is 0 Å². The van der Waals surface area contributed by atoms with Gasteiger partial charge in [-0.3, -0.25) is 4.79 Å². The lowest BCUT2D eigenvalue weighted by atomic mass is 9.96. The van der Waals surface area contributed by atoms with Crippen LogP contribution in [-0.2, 0) is 14.8 Å². The molecule has 23 heavy (non-hydrogen) atoms. The first kappa shape index (κ1) is 17.9. The van der Waals surface area contributed by atoms with Crippen LogP contribution in [-0.4, -0.2) is 31.7 Å². The number of sulfonamides is 1. The van der Waals surface area contributed by atoms with Gasteiger partial charge in [-0.05, 0) is 43.5 Å². The minimum Gasteiger partial charge on any atom is -0.326 e. The first-order valence-corrected chi connectivity index (χ1v) is 9.77. The van der Waals surface area contributed by atoms with E-state index in [1.54, 1.807) is 31.3 Å². The second-order valence-electron chi connectivity index (χ2n) is 6.14. The van der Waals surface area contributed by atoms with Crippen molar-refractivity contribution in [2.75, 3.05) is 12.4 Å². The smallest absolute Gasteiger partial charge is 0.243 e. The lowest BCUT2D eigenvalue weighted by Gasteiger charge is -2.30. The molecule has 1 aromatic carbocycles. The molecule has 0 aromatic heterocycles. The Morgan fingerprint density at radius 1 is 1.17 bits per heavy atom. The highest BCUT2D eigenvalue weighted by Gasteiger charge is 2.28. The monoisotopic (exact) mass is 338 g/mol. The molecule has 0 bridgehead atoms. The Hall–Kier alpha value is -1.40. The van der Waals surface area contributed by atoms with Crippen LogP contribution < -0.4 is 5.32 Å². The van der Waals surface area contributed by atoms with Crippen LogP contribution in [0.2, 0.25) is 0 Å². The molecule has 0 heterocycles. The molecule has 1 aliphatic carbocycles. The summed E-state index contributed by atoms with van der Waals surface area (Å²) in [6, 6.07) is 6.52. The third kappa shape index (κ3) is 4.54. The van der Waals surface area contributed by atoms with Gasteiger partial charge in [-0.25, -0.2) is 8.42 Å². The average Bonchev–Trinajstić information content (AvgIpc) is 2.55. The van der Waals surface area contributed by atoms with Crippen molar-refractivity contribution < 1.29 is 13.2 Å². The van der Waals surface area contributed by atoms with Crippen molar-refractivity contribution in [1.82, 2.24) is 4.31 Å². The van der Waals surface area contributed by atoms with Crippen LogP contribution in [0.5, 0.6) is 0 Å². The summed E-state index contributed by atoms with van der Waals surface area (Å²) in [6.45, 7) is 1.94. The van der Waals surface area contributed by atoms with E-state index in [0.29, 0.717) is 12.1 Å². The second kappa shape index (κ2) is 7.93. The third-order valence-corrected chi connectivity index (χ3v) is 6.31. The number of carbonyl (C=O) groups is 1. The zero-order valence-corrected chi connectivity index (χ0v) is 14.7. The summed E-state index contributed by atoms with van der Waals surface area (Å²) in [5, 5.41) is 2.77. The summed E-state index contributed by atoms with van der Waals surface area (Å²) < 4.78 is 26.9. The van der Waals surface area contributed by atoms with E-state index in [0.717, 1.165) is 32.1 Å². The highest BCUT2D eigenvalue weighted by atomic mass is 32.2. The number of nitrogens with zero attached hydrogens (tertiary/aromatic N) is 1. The predicted molar refractivity (Wildman–Crippen MR) is 91.8 cm³/mol. The second-order valence-corrected chi connectivity index (χ2v) is 8.13. The van der Waals surface area contributed by atoms with Gasteiger partial charge in [0.1, 0.15) is 0 Å². The SMILES string of the molecule is CCCC(=O)Nc1ccc(S(=O)(=O)N(C)C2CCCCC2)cc1. The van der Waals surface area contributed by atoms with Crippen LogP contribution in [0.1, 0.15) is 51.9 Å². The summed E-state index contributed by atoms with van der Waals surface area (Å²) in [5.74, 6) is -0.0533. The Labute approximate surface area is 139 Å². The van der Waals surface area contributed by atoms with E-state index in [4.69, 9.17) is 0 Å². The lowest BCUT2D eigenvalue weighted by molar-refractivity contribution is -0.116. The molecule has 1 N–H and O–H groups in total. The highest BCUT2D eigenvalue weighted by Crippen LogP contribution is 2.26. The molecule has 1 amide bonds. The van der Waals surface area contributed by atoms with Gasteiger partial charge >= 0.3 is 0 Å². The molecule has 0 unspecified atom stereocenters. The van der Waals surface area contributed by atoms with Gasteiger partial charge in [0.15, 0.2) is 0 Å². The molecule has 0 radical (unpaired) electrons. The summed E-state index contributed by atoms with van der Waals surface area (Å²) in [6.07, 6.45) is 6.48. The van der Waals surface area contributed by atoms with Gasteiger partial charge in [-0.1, -0.05) is 26.2 Å². The first-order valence-electron chi connectivity index (χ1n) is 8.33. The lowest BCUT2D eigenvalue weighted by Crippen LogP contribution is -2.38. The topological polar surface area (TPSA) is 66.5 Å². The molecule has 1 aromatic rings. The molecular formula is C17H26N2O3S. The van der Waals surface area contributed by atoms with Crippen LogP contribution in [0.3, 0.4) is 0 Å². The zero-order chi connectivity index (χ0) is 16.9. The molecule has 2 rings (SSSR count). The Kier molecular flexibility index (Phi) is 6.18. The van der Waals surface area contributed by atoms with E-state index in [-0.39, 0.29) is 16.8 Å². The van der Waals surface area contributed by atoms with E-state index in [1.165, 1.54) is 10.7 Å². The fraction of sp³-hybridized carbons (Fsp3) is 0.588. The van der Waals surface area contributed by atoms with Crippen LogP contribution >= 0.6 is 0 Å². The van der Waals surface area contributed by atoms with Crippen molar-refractivity contribution in [3.63, 3.8) is 0 Å². The van der Waals surface area contributed by atoms with Gasteiger partial charge in [0.25, 0.3) is 0 Å². The van der Waals surface area contributed by atoms with Crippen molar-refractivity contribution in [1.29, 1.82) is 0 Å². The molecule has 0 atom stereocenters. The largest absolute Gasteiger partial charge is 0.326 e. The Morgan fingerprint density at radius 2 is 1.78 bits per heavy atom. The van der Waals surface area contributed by atoms with E-state index in [1.807, 2.05) is 6.92 Å². The van der Waals surface area contributed by atoms with Crippen LogP contribution in [0.4, 0.5) is 5.69 Å². The van der Waals surface area contributed by atoms with Crippen molar-refractivity contribution in [3.8, 4) is 0 Å². The normalized spacial score (nSPS) is 16.5. The number of carbonyl (C=O) groups excluding carboxylic acids is 1. The maximum absolute atomic E-state index is 12.7. The van der Waals surface area contributed by atoms with E-state index in [2.05, 4.69) is 5.32 Å². The Balaban J connectivity index is 2.09. The molecule has 1 saturated carbocycles. The Morgan fingerprint density at radius 3 is 2.35 bits per heavy atom. The minimum absolute atomic E-state index is 0.0533. The summed E-state index contributed by atoms with van der Waals surface area (Å²) in [4.78, 5) is 11.8. The van der Waals surface area contributed by atoms with E-state index >= 15 is 0 Å². The average molecular weight is 338 g/mol. The van der Waals surface area contributed by atoms with Crippen LogP contribution in [0.25, 0.3) is 0 Å². The standard InChI is InChI=1S/C17H26N2O3S/c1-3-7-17(20)18-14-10-12-16(13-11-14)23(21,22)19(2)15-8-5-4-6-9-15/h10-13,15H,3-9H2,1-2H3,(H,18,20). The fourth-order valence-electron chi connectivity index (χ4n) is 2.97. The van der Waals surface area contributed by atoms with E-state index < -0.39 is 10.0 Å². The van der Waals surface area contributed by atoms with Crippen molar-refractivity contribution >= 4 is 21.6 Å². The van der Waals surface area contributed by atoms with Crippen LogP contribution in [0.15, 0.2) is 29.2 Å². The predicted octanol–water partition coefficient (Wildman–Crippen LogP) is 3.38. The van der Waals surface area contributed by atoms with Crippen molar-refractivity contribution in [3.05, 3.63) is 24.3 Å². The molecule has 6 heteroatoms. The van der Waals surface area contributed by atoms with Gasteiger partial charge in [-0.2, -0.15) is 4.31 Å². The molecule has 0 spiro atoms. The van der Waals surface area contributed by atoms with E-state index in [9.17, 15) is 13.2 Å². The minimum atomic E-state index is -3.47. The summed E-state index contributed by atoms with van der Waals surface area (Å²) in [7, 11) is -1.80. The summed E-state index contributed by atoms with van der Waals surface area (Å²) in [5.41, 5.74) is 0.628. The van der Waals surface area contributed by atoms with Crippen molar-refractivity contribution in [2.24, 2.45) is 0 Å². The number of hydrogen-bond acceptors (Lipinski definition) is 3. The molecule has 1 aliphatic rings. The fourth-order valence-corrected chi connectivity index (χ4v) is 4.38. The van der Waals surface area contributed by atoms with Gasteiger partial charge in [0, 0.05) is 25.2 Å². The number of amides is 1. The van der Waals surface area contributed by atoms with Gasteiger partial charge in [0.2, 0.25) is 15.9 Å². The number of hydrogen-bond donors (Lipinski definition) is 1. The number of rotatable bonds is 6. The molecule has 128 valence electrons. The number of anilines is 1. The Bertz CT molecular complexity index is 620. The molecule has 5 nitrogen and oxygen atoms in total.